The summed E-state index contributed by atoms with van der Waals surface area (Å²) in [6.07, 6.45) is 8.01. The second kappa shape index (κ2) is 6.75. The molecule has 0 amide bonds. The molecular formula is C15H31NO. The third-order valence-corrected chi connectivity index (χ3v) is 4.57. The lowest BCUT2D eigenvalue weighted by molar-refractivity contribution is -0.0535. The van der Waals surface area contributed by atoms with Crippen molar-refractivity contribution in [2.45, 2.75) is 77.4 Å². The molecule has 2 heteroatoms. The summed E-state index contributed by atoms with van der Waals surface area (Å²) in [7, 11) is 2.17. The van der Waals surface area contributed by atoms with E-state index in [-0.39, 0.29) is 5.60 Å². The fraction of sp³-hybridized carbons (Fsp3) is 1.00. The molecule has 1 aliphatic rings. The van der Waals surface area contributed by atoms with Gasteiger partial charge in [-0.3, -0.25) is 0 Å². The van der Waals surface area contributed by atoms with Crippen LogP contribution in [0.25, 0.3) is 0 Å². The highest BCUT2D eigenvalue weighted by molar-refractivity contribution is 4.90. The average Bonchev–Trinajstić information content (AvgIpc) is 2.30. The van der Waals surface area contributed by atoms with E-state index < -0.39 is 0 Å². The summed E-state index contributed by atoms with van der Waals surface area (Å²) in [6.45, 7) is 7.79. The van der Waals surface area contributed by atoms with E-state index in [9.17, 15) is 5.11 Å². The molecule has 2 nitrogen and oxygen atoms in total. The van der Waals surface area contributed by atoms with Crippen molar-refractivity contribution in [1.29, 1.82) is 0 Å². The minimum Gasteiger partial charge on any atom is -0.390 e. The SMILES string of the molecule is CCCCC(CC)CC1(O)CCN(C)C(C)C1. The molecule has 0 spiro atoms. The van der Waals surface area contributed by atoms with E-state index in [2.05, 4.69) is 32.7 Å². The van der Waals surface area contributed by atoms with Gasteiger partial charge in [0.1, 0.15) is 0 Å². The summed E-state index contributed by atoms with van der Waals surface area (Å²) in [5, 5.41) is 10.7. The molecular weight excluding hydrogens is 210 g/mol. The number of hydrogen-bond acceptors (Lipinski definition) is 2. The fourth-order valence-electron chi connectivity index (χ4n) is 3.08. The zero-order chi connectivity index (χ0) is 12.9. The molecule has 0 bridgehead atoms. The minimum atomic E-state index is -0.389. The summed E-state index contributed by atoms with van der Waals surface area (Å²) in [4.78, 5) is 2.36. The molecule has 1 fully saturated rings. The maximum absolute atomic E-state index is 10.7. The van der Waals surface area contributed by atoms with Crippen LogP contribution in [0.3, 0.4) is 0 Å². The Labute approximate surface area is 107 Å². The summed E-state index contributed by atoms with van der Waals surface area (Å²) in [5.74, 6) is 0.718. The van der Waals surface area contributed by atoms with E-state index in [0.29, 0.717) is 6.04 Å². The number of likely N-dealkylation sites (tertiary alicyclic amines) is 1. The molecule has 0 saturated carbocycles. The quantitative estimate of drug-likeness (QED) is 0.770. The number of hydrogen-bond donors (Lipinski definition) is 1. The Kier molecular flexibility index (Phi) is 5.94. The molecule has 1 heterocycles. The highest BCUT2D eigenvalue weighted by Crippen LogP contribution is 2.34. The van der Waals surface area contributed by atoms with Crippen molar-refractivity contribution < 1.29 is 5.11 Å². The first-order valence-corrected chi connectivity index (χ1v) is 7.43. The molecule has 1 saturated heterocycles. The second-order valence-corrected chi connectivity index (χ2v) is 6.13. The van der Waals surface area contributed by atoms with Crippen LogP contribution in [0.2, 0.25) is 0 Å². The Balaban J connectivity index is 2.47. The van der Waals surface area contributed by atoms with Crippen LogP contribution in [-0.4, -0.2) is 35.2 Å². The van der Waals surface area contributed by atoms with Crippen LogP contribution >= 0.6 is 0 Å². The van der Waals surface area contributed by atoms with Gasteiger partial charge in [0.05, 0.1) is 5.60 Å². The number of unbranched alkanes of at least 4 members (excludes halogenated alkanes) is 1. The summed E-state index contributed by atoms with van der Waals surface area (Å²) >= 11 is 0. The van der Waals surface area contributed by atoms with Gasteiger partial charge in [0.15, 0.2) is 0 Å². The van der Waals surface area contributed by atoms with Crippen molar-refractivity contribution in [3.05, 3.63) is 0 Å². The van der Waals surface area contributed by atoms with E-state index in [0.717, 1.165) is 31.7 Å². The van der Waals surface area contributed by atoms with Crippen molar-refractivity contribution in [3.8, 4) is 0 Å². The molecule has 0 aromatic carbocycles. The van der Waals surface area contributed by atoms with Crippen molar-refractivity contribution in [1.82, 2.24) is 4.90 Å². The van der Waals surface area contributed by atoms with E-state index in [1.165, 1.54) is 25.7 Å². The molecule has 3 atom stereocenters. The van der Waals surface area contributed by atoms with Crippen molar-refractivity contribution in [2.24, 2.45) is 5.92 Å². The van der Waals surface area contributed by atoms with Crippen molar-refractivity contribution in [2.75, 3.05) is 13.6 Å². The smallest absolute Gasteiger partial charge is 0.0677 e. The number of rotatable bonds is 6. The highest BCUT2D eigenvalue weighted by Gasteiger charge is 2.36. The normalized spacial score (nSPS) is 32.6. The molecule has 1 aliphatic heterocycles. The third-order valence-electron chi connectivity index (χ3n) is 4.57. The van der Waals surface area contributed by atoms with Gasteiger partial charge >= 0.3 is 0 Å². The molecule has 1 N–H and O–H groups in total. The Morgan fingerprint density at radius 1 is 1.41 bits per heavy atom. The van der Waals surface area contributed by atoms with Crippen LogP contribution in [0.1, 0.15) is 65.7 Å². The zero-order valence-corrected chi connectivity index (χ0v) is 12.2. The first-order valence-electron chi connectivity index (χ1n) is 7.43. The summed E-state index contributed by atoms with van der Waals surface area (Å²) in [6, 6.07) is 0.525. The van der Waals surface area contributed by atoms with Crippen LogP contribution < -0.4 is 0 Å². The largest absolute Gasteiger partial charge is 0.390 e. The summed E-state index contributed by atoms with van der Waals surface area (Å²) in [5.41, 5.74) is -0.389. The predicted molar refractivity (Wildman–Crippen MR) is 74.2 cm³/mol. The van der Waals surface area contributed by atoms with Gasteiger partial charge in [0.25, 0.3) is 0 Å². The highest BCUT2D eigenvalue weighted by atomic mass is 16.3. The van der Waals surface area contributed by atoms with E-state index in [4.69, 9.17) is 0 Å². The maximum atomic E-state index is 10.7. The van der Waals surface area contributed by atoms with Gasteiger partial charge < -0.3 is 10.0 Å². The summed E-state index contributed by atoms with van der Waals surface area (Å²) < 4.78 is 0. The van der Waals surface area contributed by atoms with Gasteiger partial charge in [0, 0.05) is 12.6 Å². The Bertz CT molecular complexity index is 219. The van der Waals surface area contributed by atoms with Gasteiger partial charge in [-0.05, 0) is 39.2 Å². The topological polar surface area (TPSA) is 23.5 Å². The van der Waals surface area contributed by atoms with Crippen LogP contribution in [0.5, 0.6) is 0 Å². The molecule has 102 valence electrons. The molecule has 0 radical (unpaired) electrons. The van der Waals surface area contributed by atoms with Crippen LogP contribution in [0.4, 0.5) is 0 Å². The molecule has 0 aliphatic carbocycles. The third kappa shape index (κ3) is 4.59. The van der Waals surface area contributed by atoms with Gasteiger partial charge in [-0.2, -0.15) is 0 Å². The Morgan fingerprint density at radius 3 is 2.65 bits per heavy atom. The number of piperidine rings is 1. The second-order valence-electron chi connectivity index (χ2n) is 6.13. The average molecular weight is 241 g/mol. The van der Waals surface area contributed by atoms with E-state index in [1.54, 1.807) is 0 Å². The van der Waals surface area contributed by atoms with Gasteiger partial charge in [-0.15, -0.1) is 0 Å². The molecule has 17 heavy (non-hydrogen) atoms. The van der Waals surface area contributed by atoms with Crippen molar-refractivity contribution in [3.63, 3.8) is 0 Å². The van der Waals surface area contributed by atoms with Gasteiger partial charge in [0.2, 0.25) is 0 Å². The molecule has 1 rings (SSSR count). The number of nitrogens with zero attached hydrogens (tertiary/aromatic N) is 1. The monoisotopic (exact) mass is 241 g/mol. The minimum absolute atomic E-state index is 0.389. The van der Waals surface area contributed by atoms with Crippen molar-refractivity contribution >= 4 is 0 Å². The molecule has 3 unspecified atom stereocenters. The zero-order valence-electron chi connectivity index (χ0n) is 12.2. The lowest BCUT2D eigenvalue weighted by Gasteiger charge is -2.42. The standard InChI is InChI=1S/C15H31NO/c1-5-7-8-14(6-2)12-15(17)9-10-16(4)13(3)11-15/h13-14,17H,5-12H2,1-4H3. The first-order chi connectivity index (χ1) is 8.00. The van der Waals surface area contributed by atoms with Crippen LogP contribution in [0.15, 0.2) is 0 Å². The predicted octanol–water partition coefficient (Wildman–Crippen LogP) is 3.44. The van der Waals surface area contributed by atoms with E-state index >= 15 is 0 Å². The molecule has 0 aromatic heterocycles. The van der Waals surface area contributed by atoms with Gasteiger partial charge in [-0.25, -0.2) is 0 Å². The van der Waals surface area contributed by atoms with Crippen LogP contribution in [0, 0.1) is 5.92 Å². The fourth-order valence-corrected chi connectivity index (χ4v) is 3.08. The lowest BCUT2D eigenvalue weighted by atomic mass is 9.78. The first kappa shape index (κ1) is 15.0. The van der Waals surface area contributed by atoms with E-state index in [1.807, 2.05) is 0 Å². The maximum Gasteiger partial charge on any atom is 0.0677 e. The molecule has 0 aromatic rings. The lowest BCUT2D eigenvalue weighted by Crippen LogP contribution is -2.48. The Hall–Kier alpha value is -0.0800. The van der Waals surface area contributed by atoms with Gasteiger partial charge in [-0.1, -0.05) is 39.5 Å². The number of aliphatic hydroxyl groups is 1. The van der Waals surface area contributed by atoms with Crippen LogP contribution in [-0.2, 0) is 0 Å². The Morgan fingerprint density at radius 2 is 2.12 bits per heavy atom.